The summed E-state index contributed by atoms with van der Waals surface area (Å²) in [5, 5.41) is 0. The number of aryl methyl sites for hydroxylation is 1. The summed E-state index contributed by atoms with van der Waals surface area (Å²) >= 11 is 0. The van der Waals surface area contributed by atoms with Gasteiger partial charge in [-0.1, -0.05) is 30.3 Å². The van der Waals surface area contributed by atoms with E-state index in [1.807, 2.05) is 23.1 Å². The van der Waals surface area contributed by atoms with Crippen LogP contribution in [0.1, 0.15) is 40.9 Å². The van der Waals surface area contributed by atoms with Gasteiger partial charge in [-0.2, -0.15) is 0 Å². The number of hydrogen-bond donors (Lipinski definition) is 0. The molecule has 1 aromatic heterocycles. The molecule has 1 saturated heterocycles. The van der Waals surface area contributed by atoms with Gasteiger partial charge in [-0.25, -0.2) is 8.42 Å². The van der Waals surface area contributed by atoms with Gasteiger partial charge in [-0.15, -0.1) is 0 Å². The molecular formula is C27H32N2O4S. The molecule has 0 aliphatic carbocycles. The molecule has 34 heavy (non-hydrogen) atoms. The van der Waals surface area contributed by atoms with Crippen LogP contribution in [0.5, 0.6) is 0 Å². The number of carbonyl (C=O) groups excluding carboxylic acids is 1. The molecule has 2 aromatic carbocycles. The molecule has 1 amide bonds. The molecule has 0 unspecified atom stereocenters. The van der Waals surface area contributed by atoms with Crippen molar-refractivity contribution in [3.8, 4) is 0 Å². The third-order valence-corrected chi connectivity index (χ3v) is 7.61. The third-order valence-electron chi connectivity index (χ3n) is 6.48. The summed E-state index contributed by atoms with van der Waals surface area (Å²) in [5.74, 6) is 0.644. The average molecular weight is 481 g/mol. The molecular weight excluding hydrogens is 448 g/mol. The van der Waals surface area contributed by atoms with Crippen LogP contribution in [0.3, 0.4) is 0 Å². The lowest BCUT2D eigenvalue weighted by atomic mass is 10.0. The number of rotatable bonds is 9. The first-order valence-electron chi connectivity index (χ1n) is 11.8. The van der Waals surface area contributed by atoms with Crippen LogP contribution >= 0.6 is 0 Å². The van der Waals surface area contributed by atoms with Crippen LogP contribution in [0, 0.1) is 0 Å². The number of hydrogen-bond acceptors (Lipinski definition) is 5. The van der Waals surface area contributed by atoms with Crippen LogP contribution in [0.25, 0.3) is 0 Å². The maximum Gasteiger partial charge on any atom is 0.254 e. The Labute approximate surface area is 202 Å². The summed E-state index contributed by atoms with van der Waals surface area (Å²) in [5.41, 5.74) is 1.86. The minimum atomic E-state index is -3.30. The molecule has 7 heteroatoms. The van der Waals surface area contributed by atoms with Gasteiger partial charge < -0.3 is 14.2 Å². The van der Waals surface area contributed by atoms with Gasteiger partial charge in [0.25, 0.3) is 5.91 Å². The average Bonchev–Trinajstić information content (AvgIpc) is 3.36. The van der Waals surface area contributed by atoms with Gasteiger partial charge in [0.15, 0.2) is 9.84 Å². The molecule has 1 fully saturated rings. The van der Waals surface area contributed by atoms with E-state index in [-0.39, 0.29) is 16.8 Å². The number of amides is 1. The first-order chi connectivity index (χ1) is 16.4. The molecule has 3 aromatic rings. The molecule has 0 N–H and O–H groups in total. The van der Waals surface area contributed by atoms with E-state index in [9.17, 15) is 13.2 Å². The Morgan fingerprint density at radius 1 is 1.00 bits per heavy atom. The Kier molecular flexibility index (Phi) is 7.85. The lowest BCUT2D eigenvalue weighted by Crippen LogP contribution is -2.47. The highest BCUT2D eigenvalue weighted by Crippen LogP contribution is 2.23. The summed E-state index contributed by atoms with van der Waals surface area (Å²) in [6, 6.07) is 20.6. The number of piperidine rings is 1. The number of likely N-dealkylation sites (tertiary alicyclic amines) is 1. The fourth-order valence-electron chi connectivity index (χ4n) is 4.55. The molecule has 0 saturated carbocycles. The molecule has 0 radical (unpaired) electrons. The van der Waals surface area contributed by atoms with E-state index in [0.29, 0.717) is 12.1 Å². The molecule has 1 aliphatic heterocycles. The van der Waals surface area contributed by atoms with Crippen LogP contribution in [0.4, 0.5) is 0 Å². The van der Waals surface area contributed by atoms with E-state index in [1.54, 1.807) is 18.4 Å². The Morgan fingerprint density at radius 3 is 2.32 bits per heavy atom. The van der Waals surface area contributed by atoms with Crippen molar-refractivity contribution < 1.29 is 17.6 Å². The van der Waals surface area contributed by atoms with Crippen molar-refractivity contribution in [1.82, 2.24) is 9.80 Å². The molecule has 180 valence electrons. The van der Waals surface area contributed by atoms with Crippen LogP contribution in [-0.2, 0) is 22.8 Å². The summed E-state index contributed by atoms with van der Waals surface area (Å²) in [6.07, 6.45) is 6.79. The number of carbonyl (C=O) groups is 1. The van der Waals surface area contributed by atoms with Gasteiger partial charge in [-0.3, -0.25) is 4.79 Å². The van der Waals surface area contributed by atoms with Crippen molar-refractivity contribution >= 4 is 15.7 Å². The minimum absolute atomic E-state index is 0.0982. The first kappa shape index (κ1) is 24.2. The normalized spacial score (nSPS) is 15.3. The molecule has 6 nitrogen and oxygen atoms in total. The van der Waals surface area contributed by atoms with Crippen LogP contribution in [0.15, 0.2) is 82.3 Å². The summed E-state index contributed by atoms with van der Waals surface area (Å²) in [6.45, 7) is 3.36. The van der Waals surface area contributed by atoms with Crippen LogP contribution < -0.4 is 0 Å². The molecule has 0 atom stereocenters. The highest BCUT2D eigenvalue weighted by atomic mass is 32.2. The SMILES string of the molecule is CS(=O)(=O)c1ccc(C(=O)N(Cc2ccco2)C2CCN(CCCc3ccccc3)CC2)cc1. The largest absolute Gasteiger partial charge is 0.467 e. The summed E-state index contributed by atoms with van der Waals surface area (Å²) < 4.78 is 29.1. The zero-order valence-electron chi connectivity index (χ0n) is 19.6. The Hall–Kier alpha value is -2.90. The molecule has 1 aliphatic rings. The third kappa shape index (κ3) is 6.36. The van der Waals surface area contributed by atoms with Crippen molar-refractivity contribution in [2.24, 2.45) is 0 Å². The standard InChI is InChI=1S/C27H32N2O4S/c1-34(31,32)26-13-11-23(12-14-26)27(30)29(21-25-10-6-20-33-25)24-15-18-28(19-16-24)17-5-9-22-7-3-2-4-8-22/h2-4,6-8,10-14,20,24H,5,9,15-19,21H2,1H3. The van der Waals surface area contributed by atoms with Gasteiger partial charge in [-0.05, 0) is 74.2 Å². The summed E-state index contributed by atoms with van der Waals surface area (Å²) in [4.78, 5) is 18.0. The second-order valence-electron chi connectivity index (χ2n) is 8.97. The maximum atomic E-state index is 13.5. The molecule has 0 spiro atoms. The van der Waals surface area contributed by atoms with Gasteiger partial charge >= 0.3 is 0 Å². The zero-order valence-corrected chi connectivity index (χ0v) is 20.4. The van der Waals surface area contributed by atoms with Crippen molar-refractivity contribution in [1.29, 1.82) is 0 Å². The number of furan rings is 1. The van der Waals surface area contributed by atoms with Gasteiger partial charge in [0.2, 0.25) is 0 Å². The van der Waals surface area contributed by atoms with Gasteiger partial charge in [0, 0.05) is 31.0 Å². The number of benzene rings is 2. The zero-order chi connectivity index (χ0) is 24.0. The van der Waals surface area contributed by atoms with Gasteiger partial charge in [0.1, 0.15) is 5.76 Å². The van der Waals surface area contributed by atoms with Crippen LogP contribution in [-0.4, -0.2) is 56.1 Å². The lowest BCUT2D eigenvalue weighted by molar-refractivity contribution is 0.0529. The van der Waals surface area contributed by atoms with Crippen molar-refractivity contribution in [3.63, 3.8) is 0 Å². The molecule has 2 heterocycles. The lowest BCUT2D eigenvalue weighted by Gasteiger charge is -2.38. The van der Waals surface area contributed by atoms with Crippen LogP contribution in [0.2, 0.25) is 0 Å². The monoisotopic (exact) mass is 480 g/mol. The Balaban J connectivity index is 1.39. The predicted molar refractivity (Wildman–Crippen MR) is 132 cm³/mol. The van der Waals surface area contributed by atoms with E-state index in [2.05, 4.69) is 29.2 Å². The second kappa shape index (κ2) is 11.0. The minimum Gasteiger partial charge on any atom is -0.467 e. The highest BCUT2D eigenvalue weighted by Gasteiger charge is 2.29. The fourth-order valence-corrected chi connectivity index (χ4v) is 5.18. The first-order valence-corrected chi connectivity index (χ1v) is 13.7. The van der Waals surface area contributed by atoms with Crippen molar-refractivity contribution in [3.05, 3.63) is 89.9 Å². The van der Waals surface area contributed by atoms with Crippen molar-refractivity contribution in [2.75, 3.05) is 25.9 Å². The summed E-state index contributed by atoms with van der Waals surface area (Å²) in [7, 11) is -3.30. The van der Waals surface area contributed by atoms with E-state index >= 15 is 0 Å². The Morgan fingerprint density at radius 2 is 1.71 bits per heavy atom. The van der Waals surface area contributed by atoms with E-state index in [1.165, 1.54) is 24.0 Å². The Bertz CT molecular complexity index is 1150. The topological polar surface area (TPSA) is 70.8 Å². The maximum absolute atomic E-state index is 13.5. The van der Waals surface area contributed by atoms with E-state index in [4.69, 9.17) is 4.42 Å². The number of nitrogens with zero attached hydrogens (tertiary/aromatic N) is 2. The smallest absolute Gasteiger partial charge is 0.254 e. The quantitative estimate of drug-likeness (QED) is 0.453. The second-order valence-corrected chi connectivity index (χ2v) is 11.0. The van der Waals surface area contributed by atoms with Crippen molar-refractivity contribution in [2.45, 2.75) is 43.2 Å². The van der Waals surface area contributed by atoms with E-state index < -0.39 is 9.84 Å². The number of sulfone groups is 1. The van der Waals surface area contributed by atoms with Gasteiger partial charge in [0.05, 0.1) is 17.7 Å². The highest BCUT2D eigenvalue weighted by molar-refractivity contribution is 7.90. The van der Waals surface area contributed by atoms with E-state index in [0.717, 1.165) is 51.1 Å². The molecule has 4 rings (SSSR count). The fraction of sp³-hybridized carbons (Fsp3) is 0.370. The predicted octanol–water partition coefficient (Wildman–Crippen LogP) is 4.42. The molecule has 0 bridgehead atoms.